The van der Waals surface area contributed by atoms with Crippen LogP contribution in [0, 0.1) is 11.3 Å². The molecule has 29 heavy (non-hydrogen) atoms. The van der Waals surface area contributed by atoms with E-state index in [1.54, 1.807) is 19.3 Å². The molecule has 0 fully saturated rings. The van der Waals surface area contributed by atoms with Crippen LogP contribution in [-0.4, -0.2) is 7.11 Å². The Balaban J connectivity index is 1.90. The van der Waals surface area contributed by atoms with Gasteiger partial charge in [-0.1, -0.05) is 73.8 Å². The summed E-state index contributed by atoms with van der Waals surface area (Å²) in [7, 11) is 1.59. The van der Waals surface area contributed by atoms with Crippen molar-refractivity contribution < 1.29 is 9.47 Å². The number of methoxy groups -OCH3 is 1. The highest BCUT2D eigenvalue weighted by atomic mass is 79.9. The molecule has 0 aromatic heterocycles. The molecule has 3 aromatic carbocycles. The van der Waals surface area contributed by atoms with E-state index in [-0.39, 0.29) is 0 Å². The van der Waals surface area contributed by atoms with Crippen molar-refractivity contribution in [1.82, 2.24) is 0 Å². The van der Waals surface area contributed by atoms with Crippen molar-refractivity contribution in [3.05, 3.63) is 91.3 Å². The Bertz CT molecular complexity index is 1090. The number of rotatable bonds is 6. The smallest absolute Gasteiger partial charge is 0.162 e. The molecule has 0 heterocycles. The summed E-state index contributed by atoms with van der Waals surface area (Å²) in [5.41, 5.74) is 2.97. The molecular formula is C23H16Br2ClNO2. The Morgan fingerprint density at radius 2 is 1.79 bits per heavy atom. The second-order valence-corrected chi connectivity index (χ2v) is 8.27. The second-order valence-electron chi connectivity index (χ2n) is 6.09. The molecule has 0 unspecified atom stereocenters. The van der Waals surface area contributed by atoms with Crippen molar-refractivity contribution in [2.24, 2.45) is 0 Å². The zero-order valence-electron chi connectivity index (χ0n) is 15.5. The van der Waals surface area contributed by atoms with Crippen LogP contribution in [-0.2, 0) is 6.61 Å². The average molecular weight is 534 g/mol. The summed E-state index contributed by atoms with van der Waals surface area (Å²) in [6.07, 6.45) is 1.77. The van der Waals surface area contributed by atoms with E-state index < -0.39 is 0 Å². The van der Waals surface area contributed by atoms with Gasteiger partial charge in [0.25, 0.3) is 0 Å². The summed E-state index contributed by atoms with van der Waals surface area (Å²) in [5.74, 6) is 1.18. The van der Waals surface area contributed by atoms with Crippen LogP contribution in [0.2, 0.25) is 5.02 Å². The van der Waals surface area contributed by atoms with Crippen LogP contribution in [0.3, 0.4) is 0 Å². The molecule has 0 saturated heterocycles. The van der Waals surface area contributed by atoms with Crippen molar-refractivity contribution in [2.75, 3.05) is 7.11 Å². The predicted octanol–water partition coefficient (Wildman–Crippen LogP) is 7.52. The van der Waals surface area contributed by atoms with E-state index in [0.717, 1.165) is 20.1 Å². The maximum absolute atomic E-state index is 9.62. The molecule has 0 atom stereocenters. The van der Waals surface area contributed by atoms with Gasteiger partial charge in [-0.05, 0) is 47.5 Å². The molecule has 0 amide bonds. The highest BCUT2D eigenvalue weighted by Gasteiger charge is 2.12. The lowest BCUT2D eigenvalue weighted by Gasteiger charge is -2.13. The lowest BCUT2D eigenvalue weighted by molar-refractivity contribution is 0.284. The molecule has 0 spiro atoms. The number of nitriles is 1. The molecule has 0 N–H and O–H groups in total. The topological polar surface area (TPSA) is 42.2 Å². The van der Waals surface area contributed by atoms with Crippen LogP contribution in [0.15, 0.2) is 69.6 Å². The van der Waals surface area contributed by atoms with E-state index >= 15 is 0 Å². The van der Waals surface area contributed by atoms with E-state index in [9.17, 15) is 5.26 Å². The molecule has 146 valence electrons. The Labute approximate surface area is 191 Å². The fourth-order valence-corrected chi connectivity index (χ4v) is 3.62. The molecule has 3 aromatic rings. The molecule has 0 radical (unpaired) electrons. The number of hydrogen-bond acceptors (Lipinski definition) is 3. The maximum Gasteiger partial charge on any atom is 0.162 e. The lowest BCUT2D eigenvalue weighted by Crippen LogP contribution is -1.98. The summed E-state index contributed by atoms with van der Waals surface area (Å²) in [6, 6.07) is 21.1. The second kappa shape index (κ2) is 9.98. The molecule has 3 rings (SSSR count). The van der Waals surface area contributed by atoms with E-state index in [1.165, 1.54) is 0 Å². The minimum atomic E-state index is 0.411. The van der Waals surface area contributed by atoms with Gasteiger partial charge in [0.15, 0.2) is 11.5 Å². The summed E-state index contributed by atoms with van der Waals surface area (Å²) in [6.45, 7) is 0.411. The number of nitrogens with zero attached hydrogens (tertiary/aromatic N) is 1. The van der Waals surface area contributed by atoms with Crippen molar-refractivity contribution in [2.45, 2.75) is 6.61 Å². The van der Waals surface area contributed by atoms with Crippen molar-refractivity contribution >= 4 is 55.1 Å². The summed E-state index contributed by atoms with van der Waals surface area (Å²) in [5, 5.41) is 10.1. The normalized spacial score (nSPS) is 11.1. The predicted molar refractivity (Wildman–Crippen MR) is 124 cm³/mol. The van der Waals surface area contributed by atoms with Crippen molar-refractivity contribution in [3.8, 4) is 17.6 Å². The summed E-state index contributed by atoms with van der Waals surface area (Å²) >= 11 is 13.2. The maximum atomic E-state index is 9.62. The minimum absolute atomic E-state index is 0.411. The van der Waals surface area contributed by atoms with Gasteiger partial charge >= 0.3 is 0 Å². The first kappa shape index (κ1) is 21.4. The zero-order valence-corrected chi connectivity index (χ0v) is 19.4. The molecule has 0 bridgehead atoms. The van der Waals surface area contributed by atoms with Gasteiger partial charge in [-0.3, -0.25) is 0 Å². The molecule has 0 aliphatic carbocycles. The largest absolute Gasteiger partial charge is 0.493 e. The number of benzene rings is 3. The van der Waals surface area contributed by atoms with Crippen LogP contribution in [0.25, 0.3) is 11.6 Å². The first-order valence-corrected chi connectivity index (χ1v) is 10.6. The first-order valence-electron chi connectivity index (χ1n) is 8.63. The minimum Gasteiger partial charge on any atom is -0.493 e. The molecule has 3 nitrogen and oxygen atoms in total. The lowest BCUT2D eigenvalue weighted by atomic mass is 10.0. The fraction of sp³-hybridized carbons (Fsp3) is 0.0870. The fourth-order valence-electron chi connectivity index (χ4n) is 2.68. The Kier molecular flexibility index (Phi) is 7.38. The third kappa shape index (κ3) is 5.42. The van der Waals surface area contributed by atoms with Gasteiger partial charge in [0.2, 0.25) is 0 Å². The van der Waals surface area contributed by atoms with E-state index in [1.807, 2.05) is 54.6 Å². The summed E-state index contributed by atoms with van der Waals surface area (Å²) in [4.78, 5) is 0. The third-order valence-electron chi connectivity index (χ3n) is 4.17. The Morgan fingerprint density at radius 3 is 2.45 bits per heavy atom. The van der Waals surface area contributed by atoms with Gasteiger partial charge < -0.3 is 9.47 Å². The molecular weight excluding hydrogens is 518 g/mol. The quantitative estimate of drug-likeness (QED) is 0.243. The molecule has 0 saturated carbocycles. The number of allylic oxidation sites excluding steroid dienone is 1. The highest BCUT2D eigenvalue weighted by Crippen LogP contribution is 2.36. The van der Waals surface area contributed by atoms with Gasteiger partial charge in [-0.15, -0.1) is 0 Å². The van der Waals surface area contributed by atoms with E-state index in [2.05, 4.69) is 37.9 Å². The van der Waals surface area contributed by atoms with Gasteiger partial charge in [0.1, 0.15) is 6.61 Å². The standard InChI is InChI=1S/C23H16Br2ClNO2/c1-28-22-11-16(10-17(13-27)19-4-2-3-5-21(19)26)20(25)12-23(22)29-14-15-6-8-18(24)9-7-15/h2-12H,14H2,1H3. The first-order chi connectivity index (χ1) is 14.0. The van der Waals surface area contributed by atoms with Gasteiger partial charge in [0.05, 0.1) is 18.8 Å². The number of ether oxygens (including phenoxy) is 2. The van der Waals surface area contributed by atoms with Gasteiger partial charge in [0, 0.05) is 19.5 Å². The number of halogens is 3. The molecule has 6 heteroatoms. The number of hydrogen-bond donors (Lipinski definition) is 0. The van der Waals surface area contributed by atoms with Crippen molar-refractivity contribution in [3.63, 3.8) is 0 Å². The monoisotopic (exact) mass is 531 g/mol. The highest BCUT2D eigenvalue weighted by molar-refractivity contribution is 9.10. The van der Waals surface area contributed by atoms with Gasteiger partial charge in [-0.2, -0.15) is 5.26 Å². The van der Waals surface area contributed by atoms with Crippen molar-refractivity contribution in [1.29, 1.82) is 5.26 Å². The molecule has 0 aliphatic rings. The van der Waals surface area contributed by atoms with Crippen LogP contribution in [0.5, 0.6) is 11.5 Å². The Morgan fingerprint density at radius 1 is 1.07 bits per heavy atom. The van der Waals surface area contributed by atoms with Crippen LogP contribution >= 0.6 is 43.5 Å². The third-order valence-corrected chi connectivity index (χ3v) is 5.72. The van der Waals surface area contributed by atoms with E-state index in [4.69, 9.17) is 21.1 Å². The molecule has 0 aliphatic heterocycles. The van der Waals surface area contributed by atoms with E-state index in [0.29, 0.717) is 34.3 Å². The Hall–Kier alpha value is -2.26. The van der Waals surface area contributed by atoms with Crippen LogP contribution in [0.1, 0.15) is 16.7 Å². The average Bonchev–Trinajstić information content (AvgIpc) is 2.73. The van der Waals surface area contributed by atoms with Gasteiger partial charge in [-0.25, -0.2) is 0 Å². The SMILES string of the molecule is COc1cc(C=C(C#N)c2ccccc2Cl)c(Br)cc1OCc1ccc(Br)cc1. The van der Waals surface area contributed by atoms with Crippen LogP contribution < -0.4 is 9.47 Å². The summed E-state index contributed by atoms with van der Waals surface area (Å²) < 4.78 is 13.2. The zero-order chi connectivity index (χ0) is 20.8. The van der Waals surface area contributed by atoms with Crippen LogP contribution in [0.4, 0.5) is 0 Å².